The molecule has 0 unspecified atom stereocenters. The standard InChI is InChI=1S/C18H29N3O3S.ClH/c1-18(2,13-19)20-17(22)14-9-11-16(12-10-14)25(23,24)21(3)15-7-5-4-6-8-15;/h9-12,15H,4-8,13,19H2,1-3H3,(H,20,22);1H. The lowest BCUT2D eigenvalue weighted by molar-refractivity contribution is 0.0915. The Hall–Kier alpha value is -1.15. The van der Waals surface area contributed by atoms with Gasteiger partial charge >= 0.3 is 0 Å². The predicted octanol–water partition coefficient (Wildman–Crippen LogP) is 2.53. The van der Waals surface area contributed by atoms with Crippen LogP contribution in [0.3, 0.4) is 0 Å². The molecular weight excluding hydrogens is 374 g/mol. The van der Waals surface area contributed by atoms with Crippen molar-refractivity contribution in [2.24, 2.45) is 5.73 Å². The van der Waals surface area contributed by atoms with Gasteiger partial charge in [0.2, 0.25) is 10.0 Å². The van der Waals surface area contributed by atoms with Crippen LogP contribution in [0.4, 0.5) is 0 Å². The van der Waals surface area contributed by atoms with Gasteiger partial charge in [-0.1, -0.05) is 19.3 Å². The van der Waals surface area contributed by atoms with Crippen molar-refractivity contribution in [2.45, 2.75) is 62.4 Å². The van der Waals surface area contributed by atoms with Crippen molar-refractivity contribution in [3.05, 3.63) is 29.8 Å². The minimum atomic E-state index is -3.54. The highest BCUT2D eigenvalue weighted by Gasteiger charge is 2.29. The van der Waals surface area contributed by atoms with Gasteiger partial charge in [-0.05, 0) is 51.0 Å². The van der Waals surface area contributed by atoms with Crippen LogP contribution < -0.4 is 11.1 Å². The Morgan fingerprint density at radius 3 is 2.23 bits per heavy atom. The van der Waals surface area contributed by atoms with Crippen molar-refractivity contribution in [3.8, 4) is 0 Å². The molecule has 0 saturated heterocycles. The van der Waals surface area contributed by atoms with Gasteiger partial charge in [0.05, 0.1) is 4.90 Å². The van der Waals surface area contributed by atoms with E-state index in [4.69, 9.17) is 5.73 Å². The zero-order valence-electron chi connectivity index (χ0n) is 15.7. The highest BCUT2D eigenvalue weighted by Crippen LogP contribution is 2.26. The number of nitrogens with zero attached hydrogens (tertiary/aromatic N) is 1. The van der Waals surface area contributed by atoms with E-state index >= 15 is 0 Å². The van der Waals surface area contributed by atoms with E-state index in [-0.39, 0.29) is 29.3 Å². The summed E-state index contributed by atoms with van der Waals surface area (Å²) in [6.07, 6.45) is 5.13. The second-order valence-electron chi connectivity index (χ2n) is 7.38. The third-order valence-electron chi connectivity index (χ3n) is 4.84. The lowest BCUT2D eigenvalue weighted by Crippen LogP contribution is -2.48. The Bertz CT molecular complexity index is 699. The van der Waals surface area contributed by atoms with Crippen LogP contribution >= 0.6 is 12.4 Å². The van der Waals surface area contributed by atoms with Crippen LogP contribution in [0.15, 0.2) is 29.2 Å². The average molecular weight is 404 g/mol. The van der Waals surface area contributed by atoms with Crippen molar-refractivity contribution >= 4 is 28.3 Å². The van der Waals surface area contributed by atoms with Crippen LogP contribution in [0.5, 0.6) is 0 Å². The molecule has 1 aromatic carbocycles. The van der Waals surface area contributed by atoms with Crippen LogP contribution in [0, 0.1) is 0 Å². The first-order valence-electron chi connectivity index (χ1n) is 8.78. The van der Waals surface area contributed by atoms with Gasteiger partial charge in [0.25, 0.3) is 5.91 Å². The number of carbonyl (C=O) groups excluding carboxylic acids is 1. The van der Waals surface area contributed by atoms with E-state index in [2.05, 4.69) is 5.32 Å². The second-order valence-corrected chi connectivity index (χ2v) is 9.38. The highest BCUT2D eigenvalue weighted by atomic mass is 35.5. The van der Waals surface area contributed by atoms with E-state index in [9.17, 15) is 13.2 Å². The molecule has 1 aliphatic rings. The highest BCUT2D eigenvalue weighted by molar-refractivity contribution is 7.89. The maximum Gasteiger partial charge on any atom is 0.251 e. The summed E-state index contributed by atoms with van der Waals surface area (Å²) >= 11 is 0. The normalized spacial score (nSPS) is 16.2. The summed E-state index contributed by atoms with van der Waals surface area (Å²) in [6.45, 7) is 3.99. The van der Waals surface area contributed by atoms with Crippen LogP contribution in [0.1, 0.15) is 56.3 Å². The van der Waals surface area contributed by atoms with Gasteiger partial charge in [-0.3, -0.25) is 4.79 Å². The minimum Gasteiger partial charge on any atom is -0.346 e. The Balaban J connectivity index is 0.00000338. The first-order valence-corrected chi connectivity index (χ1v) is 10.2. The van der Waals surface area contributed by atoms with E-state index in [1.54, 1.807) is 19.2 Å². The third kappa shape index (κ3) is 5.42. The molecule has 26 heavy (non-hydrogen) atoms. The lowest BCUT2D eigenvalue weighted by atomic mass is 9.96. The van der Waals surface area contributed by atoms with Gasteiger partial charge < -0.3 is 11.1 Å². The predicted molar refractivity (Wildman–Crippen MR) is 106 cm³/mol. The molecule has 0 bridgehead atoms. The van der Waals surface area contributed by atoms with Gasteiger partial charge in [-0.15, -0.1) is 12.4 Å². The van der Waals surface area contributed by atoms with Crippen LogP contribution in [-0.2, 0) is 10.0 Å². The lowest BCUT2D eigenvalue weighted by Gasteiger charge is -2.30. The van der Waals surface area contributed by atoms with Crippen LogP contribution in [-0.4, -0.2) is 43.8 Å². The molecule has 0 atom stereocenters. The number of nitrogens with two attached hydrogens (primary N) is 1. The van der Waals surface area contributed by atoms with Gasteiger partial charge in [-0.2, -0.15) is 4.31 Å². The number of halogens is 1. The fourth-order valence-corrected chi connectivity index (χ4v) is 4.43. The largest absolute Gasteiger partial charge is 0.346 e. The molecular formula is C18H30ClN3O3S. The summed E-state index contributed by atoms with van der Waals surface area (Å²) in [7, 11) is -1.89. The molecule has 148 valence electrons. The first kappa shape index (κ1) is 22.9. The SMILES string of the molecule is CN(C1CCCCC1)S(=O)(=O)c1ccc(C(=O)NC(C)(C)CN)cc1.Cl. The van der Waals surface area contributed by atoms with Gasteiger partial charge in [0.15, 0.2) is 0 Å². The molecule has 1 aliphatic carbocycles. The maximum atomic E-state index is 12.8. The van der Waals surface area contributed by atoms with E-state index in [0.29, 0.717) is 12.1 Å². The van der Waals surface area contributed by atoms with E-state index in [1.165, 1.54) is 22.9 Å². The Kier molecular flexibility index (Phi) is 8.07. The van der Waals surface area contributed by atoms with Gasteiger partial charge in [-0.25, -0.2) is 8.42 Å². The number of sulfonamides is 1. The number of carbonyl (C=O) groups is 1. The Morgan fingerprint density at radius 2 is 1.73 bits per heavy atom. The summed E-state index contributed by atoms with van der Waals surface area (Å²) in [5, 5.41) is 2.83. The molecule has 1 fully saturated rings. The fraction of sp³-hybridized carbons (Fsp3) is 0.611. The summed E-state index contributed by atoms with van der Waals surface area (Å²) in [5.74, 6) is -0.264. The minimum absolute atomic E-state index is 0. The van der Waals surface area contributed by atoms with Gasteiger partial charge in [0, 0.05) is 30.7 Å². The van der Waals surface area contributed by atoms with Crippen molar-refractivity contribution in [3.63, 3.8) is 0 Å². The third-order valence-corrected chi connectivity index (χ3v) is 6.77. The first-order chi connectivity index (χ1) is 11.7. The summed E-state index contributed by atoms with van der Waals surface area (Å²) < 4.78 is 27.1. The average Bonchev–Trinajstić information content (AvgIpc) is 2.61. The van der Waals surface area contributed by atoms with Crippen molar-refractivity contribution in [1.82, 2.24) is 9.62 Å². The molecule has 0 spiro atoms. The molecule has 0 heterocycles. The van der Waals surface area contributed by atoms with Crippen LogP contribution in [0.25, 0.3) is 0 Å². The molecule has 1 saturated carbocycles. The number of hydrogen-bond acceptors (Lipinski definition) is 4. The zero-order chi connectivity index (χ0) is 18.7. The Morgan fingerprint density at radius 1 is 1.19 bits per heavy atom. The molecule has 2 rings (SSSR count). The maximum absolute atomic E-state index is 12.8. The molecule has 0 radical (unpaired) electrons. The molecule has 3 N–H and O–H groups in total. The summed E-state index contributed by atoms with van der Waals surface area (Å²) in [5.41, 5.74) is 5.52. The molecule has 8 heteroatoms. The summed E-state index contributed by atoms with van der Waals surface area (Å²) in [4.78, 5) is 12.5. The smallest absolute Gasteiger partial charge is 0.251 e. The topological polar surface area (TPSA) is 92.5 Å². The number of hydrogen-bond donors (Lipinski definition) is 2. The zero-order valence-corrected chi connectivity index (χ0v) is 17.3. The van der Waals surface area contributed by atoms with E-state index in [0.717, 1.165) is 25.7 Å². The Labute approximate surface area is 163 Å². The van der Waals surface area contributed by atoms with Crippen LogP contribution in [0.2, 0.25) is 0 Å². The fourth-order valence-electron chi connectivity index (χ4n) is 3.02. The molecule has 1 aromatic rings. The van der Waals surface area contributed by atoms with Gasteiger partial charge in [0.1, 0.15) is 0 Å². The quantitative estimate of drug-likeness (QED) is 0.763. The molecule has 6 nitrogen and oxygen atoms in total. The number of benzene rings is 1. The van der Waals surface area contributed by atoms with E-state index < -0.39 is 15.6 Å². The summed E-state index contributed by atoms with van der Waals surface area (Å²) in [6, 6.07) is 6.15. The molecule has 1 amide bonds. The van der Waals surface area contributed by atoms with Crippen molar-refractivity contribution in [1.29, 1.82) is 0 Å². The number of amides is 1. The second kappa shape index (κ2) is 9.17. The monoisotopic (exact) mass is 403 g/mol. The van der Waals surface area contributed by atoms with Crippen molar-refractivity contribution < 1.29 is 13.2 Å². The van der Waals surface area contributed by atoms with Crippen molar-refractivity contribution in [2.75, 3.05) is 13.6 Å². The molecule has 0 aliphatic heterocycles. The number of rotatable bonds is 6. The van der Waals surface area contributed by atoms with E-state index in [1.807, 2.05) is 13.8 Å². The molecule has 0 aromatic heterocycles. The number of nitrogens with one attached hydrogen (secondary N) is 1.